The maximum Gasteiger partial charge on any atom is 0.388 e. The van der Waals surface area contributed by atoms with Crippen molar-refractivity contribution < 1.29 is 23.7 Å². The van der Waals surface area contributed by atoms with Crippen molar-refractivity contribution in [3.8, 4) is 6.07 Å². The Morgan fingerprint density at radius 2 is 1.37 bits per heavy atom. The van der Waals surface area contributed by atoms with E-state index in [1.165, 1.54) is 0 Å². The van der Waals surface area contributed by atoms with Gasteiger partial charge in [-0.15, -0.1) is 9.35 Å². The summed E-state index contributed by atoms with van der Waals surface area (Å²) in [6.45, 7) is 3.94. The number of rotatable bonds is 10. The van der Waals surface area contributed by atoms with Crippen LogP contribution in [0.25, 0.3) is 12.2 Å². The van der Waals surface area contributed by atoms with Gasteiger partial charge in [0.15, 0.2) is 0 Å². The third kappa shape index (κ3) is 7.10. The van der Waals surface area contributed by atoms with Gasteiger partial charge in [-0.05, 0) is 42.7 Å². The minimum Gasteiger partial charge on any atom is -0.255 e. The molecule has 2 aromatic rings. The molecule has 2 rings (SSSR count). The lowest BCUT2D eigenvalue weighted by atomic mass is 10.1. The van der Waals surface area contributed by atoms with Crippen LogP contribution in [0.4, 0.5) is 0 Å². The average Bonchev–Trinajstić information content (AvgIpc) is 2.71. The predicted octanol–water partition coefficient (Wildman–Crippen LogP) is 5.36. The molecule has 0 heterocycles. The Morgan fingerprint density at radius 1 is 0.889 bits per heavy atom. The van der Waals surface area contributed by atoms with Crippen molar-refractivity contribution >= 4 is 19.7 Å². The van der Waals surface area contributed by atoms with Crippen LogP contribution in [0.1, 0.15) is 36.1 Å². The lowest BCUT2D eigenvalue weighted by Crippen LogP contribution is -2.01. The Kier molecular flexibility index (Phi) is 8.41. The lowest BCUT2D eigenvalue weighted by Gasteiger charge is -2.15. The number of nitriles is 1. The van der Waals surface area contributed by atoms with Crippen molar-refractivity contribution in [2.24, 2.45) is 0 Å². The van der Waals surface area contributed by atoms with Gasteiger partial charge in [-0.25, -0.2) is 9.78 Å². The summed E-state index contributed by atoms with van der Waals surface area (Å²) in [5.74, 6) is 0. The van der Waals surface area contributed by atoms with Crippen LogP contribution in [0, 0.1) is 11.3 Å². The monoisotopic (exact) mass is 387 g/mol. The molecule has 0 aromatic heterocycles. The third-order valence-corrected chi connectivity index (χ3v) is 4.85. The van der Waals surface area contributed by atoms with Crippen molar-refractivity contribution in [1.29, 1.82) is 5.26 Å². The molecule has 0 saturated heterocycles. The number of hydrogen-bond donors (Lipinski definition) is 0. The van der Waals surface area contributed by atoms with Crippen LogP contribution in [0.15, 0.2) is 48.5 Å². The molecule has 0 atom stereocenters. The fourth-order valence-electron chi connectivity index (χ4n) is 2.15. The van der Waals surface area contributed by atoms with Gasteiger partial charge in [-0.1, -0.05) is 48.6 Å². The highest BCUT2D eigenvalue weighted by Gasteiger charge is 2.28. The van der Waals surface area contributed by atoms with Gasteiger partial charge in [0.05, 0.1) is 31.0 Å². The molecule has 7 heteroatoms. The summed E-state index contributed by atoms with van der Waals surface area (Å²) in [4.78, 5) is 9.59. The summed E-state index contributed by atoms with van der Waals surface area (Å²) in [5.41, 5.74) is 3.38. The molecule has 27 heavy (non-hydrogen) atoms. The summed E-state index contributed by atoms with van der Waals surface area (Å²) in [5, 5.41) is 8.82. The van der Waals surface area contributed by atoms with E-state index in [0.717, 1.165) is 16.7 Å². The van der Waals surface area contributed by atoms with Crippen LogP contribution in [-0.2, 0) is 29.9 Å². The topological polar surface area (TPSA) is 77.8 Å². The lowest BCUT2D eigenvalue weighted by molar-refractivity contribution is -0.263. The molecule has 142 valence electrons. The number of hydrogen-bond acceptors (Lipinski definition) is 6. The normalized spacial score (nSPS) is 11.6. The van der Waals surface area contributed by atoms with Gasteiger partial charge in [0.25, 0.3) is 0 Å². The first-order chi connectivity index (χ1) is 13.1. The second-order valence-corrected chi connectivity index (χ2v) is 7.38. The van der Waals surface area contributed by atoms with E-state index >= 15 is 0 Å². The van der Waals surface area contributed by atoms with Crippen LogP contribution >= 0.6 is 7.60 Å². The van der Waals surface area contributed by atoms with E-state index in [4.69, 9.17) is 24.4 Å². The van der Waals surface area contributed by atoms with Crippen molar-refractivity contribution in [3.05, 3.63) is 70.8 Å². The number of benzene rings is 2. The van der Waals surface area contributed by atoms with E-state index in [2.05, 4.69) is 6.07 Å². The summed E-state index contributed by atoms with van der Waals surface area (Å²) in [6, 6.07) is 16.9. The zero-order valence-corrected chi connectivity index (χ0v) is 16.2. The second kappa shape index (κ2) is 10.8. The third-order valence-electron chi connectivity index (χ3n) is 3.43. The van der Waals surface area contributed by atoms with Crippen molar-refractivity contribution in [2.45, 2.75) is 20.0 Å². The zero-order valence-electron chi connectivity index (χ0n) is 15.3. The molecule has 0 aliphatic heterocycles. The Balaban J connectivity index is 2.03. The van der Waals surface area contributed by atoms with Crippen molar-refractivity contribution in [1.82, 2.24) is 0 Å². The average molecular weight is 387 g/mol. The van der Waals surface area contributed by atoms with E-state index < -0.39 is 7.60 Å². The molecular weight excluding hydrogens is 365 g/mol. The Labute approximate surface area is 159 Å². The van der Waals surface area contributed by atoms with E-state index in [-0.39, 0.29) is 19.4 Å². The van der Waals surface area contributed by atoms with Crippen LogP contribution in [0.5, 0.6) is 0 Å². The van der Waals surface area contributed by atoms with E-state index in [0.29, 0.717) is 5.56 Å². The minimum absolute atomic E-state index is 0.0343. The molecule has 0 N–H and O–H groups in total. The van der Waals surface area contributed by atoms with E-state index in [1.807, 2.05) is 48.6 Å². The first-order valence-electron chi connectivity index (χ1n) is 8.57. The molecule has 0 aliphatic rings. The number of nitrogens with zero attached hydrogens (tertiary/aromatic N) is 1. The highest BCUT2D eigenvalue weighted by atomic mass is 31.2. The van der Waals surface area contributed by atoms with Gasteiger partial charge < -0.3 is 0 Å². The molecule has 0 unspecified atom stereocenters. The SMILES string of the molecule is CCOOP(=O)(Cc1ccc(C=Cc2ccc(C#N)cc2)cc1)OOCC. The molecule has 0 aliphatic carbocycles. The minimum atomic E-state index is -3.55. The molecule has 0 bridgehead atoms. The highest BCUT2D eigenvalue weighted by Crippen LogP contribution is 2.51. The molecular formula is C20H22NO5P. The predicted molar refractivity (Wildman–Crippen MR) is 103 cm³/mol. The highest BCUT2D eigenvalue weighted by molar-refractivity contribution is 7.52. The molecule has 2 aromatic carbocycles. The fraction of sp³-hybridized carbons (Fsp3) is 0.250. The molecule has 0 radical (unpaired) electrons. The van der Waals surface area contributed by atoms with Crippen LogP contribution in [-0.4, -0.2) is 13.2 Å². The van der Waals surface area contributed by atoms with E-state index in [9.17, 15) is 4.57 Å². The van der Waals surface area contributed by atoms with Crippen molar-refractivity contribution in [3.63, 3.8) is 0 Å². The van der Waals surface area contributed by atoms with Gasteiger partial charge in [-0.3, -0.25) is 4.57 Å². The standard InChI is InChI=1S/C20H22NO5P/c1-3-23-25-27(22,26-24-4-2)16-20-13-9-18(10-14-20)6-5-17-7-11-19(15-21)12-8-17/h5-14H,3-4,16H2,1-2H3. The first-order valence-corrected chi connectivity index (χ1v) is 10.3. The van der Waals surface area contributed by atoms with Crippen molar-refractivity contribution in [2.75, 3.05) is 13.2 Å². The van der Waals surface area contributed by atoms with Crippen LogP contribution in [0.2, 0.25) is 0 Å². The van der Waals surface area contributed by atoms with Gasteiger partial charge in [0.1, 0.15) is 0 Å². The van der Waals surface area contributed by atoms with Gasteiger partial charge in [0.2, 0.25) is 0 Å². The second-order valence-electron chi connectivity index (χ2n) is 5.54. The quantitative estimate of drug-likeness (QED) is 0.236. The van der Waals surface area contributed by atoms with Gasteiger partial charge in [-0.2, -0.15) is 5.26 Å². The van der Waals surface area contributed by atoms with E-state index in [1.54, 1.807) is 26.0 Å². The molecule has 0 fully saturated rings. The molecule has 6 nitrogen and oxygen atoms in total. The smallest absolute Gasteiger partial charge is 0.255 e. The fourth-order valence-corrected chi connectivity index (χ4v) is 3.47. The zero-order chi connectivity index (χ0) is 19.5. The summed E-state index contributed by atoms with van der Waals surface area (Å²) >= 11 is 0. The van der Waals surface area contributed by atoms with Crippen LogP contribution < -0.4 is 0 Å². The Bertz CT molecular complexity index is 813. The molecule has 0 saturated carbocycles. The Morgan fingerprint density at radius 3 is 1.81 bits per heavy atom. The van der Waals surface area contributed by atoms with Crippen LogP contribution in [0.3, 0.4) is 0 Å². The molecule has 0 spiro atoms. The van der Waals surface area contributed by atoms with Gasteiger partial charge in [0, 0.05) is 0 Å². The summed E-state index contributed by atoms with van der Waals surface area (Å²) < 4.78 is 22.4. The molecule has 0 amide bonds. The summed E-state index contributed by atoms with van der Waals surface area (Å²) in [7, 11) is -3.55. The maximum absolute atomic E-state index is 12.6. The maximum atomic E-state index is 12.6. The summed E-state index contributed by atoms with van der Waals surface area (Å²) in [6.07, 6.45) is 3.95. The van der Waals surface area contributed by atoms with Gasteiger partial charge >= 0.3 is 7.60 Å². The largest absolute Gasteiger partial charge is 0.388 e. The Hall–Kier alpha value is -2.26. The first kappa shape index (κ1) is 21.0.